The van der Waals surface area contributed by atoms with Crippen LogP contribution >= 0.6 is 0 Å². The van der Waals surface area contributed by atoms with Crippen LogP contribution in [0, 0.1) is 5.92 Å². The molecule has 1 saturated heterocycles. The number of likely N-dealkylation sites (N-methyl/N-ethyl adjacent to an activating group) is 1. The van der Waals surface area contributed by atoms with E-state index in [1.54, 1.807) is 0 Å². The second-order valence-corrected chi connectivity index (χ2v) is 6.59. The maximum Gasteiger partial charge on any atom is 0.224 e. The van der Waals surface area contributed by atoms with Crippen molar-refractivity contribution in [3.8, 4) is 5.75 Å². The zero-order valence-electron chi connectivity index (χ0n) is 13.6. The lowest BCUT2D eigenvalue weighted by Gasteiger charge is -2.30. The van der Waals surface area contributed by atoms with Gasteiger partial charge in [0.25, 0.3) is 0 Å². The van der Waals surface area contributed by atoms with Crippen LogP contribution < -0.4 is 26.0 Å². The molecule has 2 atom stereocenters. The SMILES string of the molecule is CN[C@@H]1CCN(c2nc(N)nc3c2OCC(CC(C)C)N3)C1. The van der Waals surface area contributed by atoms with Crippen LogP contribution in [-0.2, 0) is 0 Å². The van der Waals surface area contributed by atoms with Crippen LogP contribution in [0.2, 0.25) is 0 Å². The number of ether oxygens (including phenoxy) is 1. The molecule has 0 aromatic carbocycles. The van der Waals surface area contributed by atoms with Crippen molar-refractivity contribution >= 4 is 17.6 Å². The Morgan fingerprint density at radius 2 is 2.27 bits per heavy atom. The van der Waals surface area contributed by atoms with Gasteiger partial charge in [-0.3, -0.25) is 0 Å². The molecule has 0 radical (unpaired) electrons. The predicted molar refractivity (Wildman–Crippen MR) is 88.5 cm³/mol. The standard InChI is InChI=1S/C15H26N6O/c1-9(2)6-11-8-22-12-13(18-11)19-15(16)20-14(12)21-5-4-10(7-21)17-3/h9-11,17H,4-8H2,1-3H3,(H3,16,18,19,20)/t10-,11?/m1/s1. The Labute approximate surface area is 131 Å². The van der Waals surface area contributed by atoms with Gasteiger partial charge >= 0.3 is 0 Å². The van der Waals surface area contributed by atoms with Gasteiger partial charge in [-0.15, -0.1) is 0 Å². The normalized spacial score (nSPS) is 24.1. The summed E-state index contributed by atoms with van der Waals surface area (Å²) < 4.78 is 6.00. The second kappa shape index (κ2) is 6.16. The molecule has 22 heavy (non-hydrogen) atoms. The van der Waals surface area contributed by atoms with Crippen molar-refractivity contribution in [2.24, 2.45) is 5.92 Å². The van der Waals surface area contributed by atoms with Gasteiger partial charge in [-0.05, 0) is 25.8 Å². The van der Waals surface area contributed by atoms with Crippen molar-refractivity contribution in [2.45, 2.75) is 38.8 Å². The van der Waals surface area contributed by atoms with Crippen LogP contribution in [0.25, 0.3) is 0 Å². The zero-order valence-corrected chi connectivity index (χ0v) is 13.6. The van der Waals surface area contributed by atoms with Gasteiger partial charge in [0.2, 0.25) is 11.7 Å². The molecule has 0 bridgehead atoms. The van der Waals surface area contributed by atoms with Gasteiger partial charge in [-0.25, -0.2) is 0 Å². The number of aromatic nitrogens is 2. The minimum Gasteiger partial charge on any atom is -0.484 e. The molecule has 7 nitrogen and oxygen atoms in total. The third kappa shape index (κ3) is 3.04. The Morgan fingerprint density at radius 1 is 1.45 bits per heavy atom. The van der Waals surface area contributed by atoms with Crippen LogP contribution in [0.5, 0.6) is 5.75 Å². The Balaban J connectivity index is 1.83. The highest BCUT2D eigenvalue weighted by Crippen LogP contribution is 2.38. The monoisotopic (exact) mass is 306 g/mol. The summed E-state index contributed by atoms with van der Waals surface area (Å²) in [5.41, 5.74) is 5.90. The Bertz CT molecular complexity index is 535. The van der Waals surface area contributed by atoms with E-state index in [4.69, 9.17) is 10.5 Å². The van der Waals surface area contributed by atoms with E-state index < -0.39 is 0 Å². The molecule has 1 aromatic rings. The lowest BCUT2D eigenvalue weighted by molar-refractivity contribution is 0.266. The molecule has 1 fully saturated rings. The fourth-order valence-corrected chi connectivity index (χ4v) is 3.20. The molecule has 0 aliphatic carbocycles. The maximum absolute atomic E-state index is 6.00. The van der Waals surface area contributed by atoms with Crippen LogP contribution in [0.1, 0.15) is 26.7 Å². The largest absolute Gasteiger partial charge is 0.484 e. The first kappa shape index (κ1) is 15.1. The minimum absolute atomic E-state index is 0.276. The van der Waals surface area contributed by atoms with Gasteiger partial charge in [0.15, 0.2) is 11.6 Å². The molecule has 4 N–H and O–H groups in total. The summed E-state index contributed by atoms with van der Waals surface area (Å²) in [5, 5.41) is 6.77. The summed E-state index contributed by atoms with van der Waals surface area (Å²) in [6.07, 6.45) is 2.14. The number of rotatable bonds is 4. The Kier molecular flexibility index (Phi) is 4.24. The molecule has 0 spiro atoms. The molecule has 2 aliphatic heterocycles. The van der Waals surface area contributed by atoms with Crippen LogP contribution in [0.4, 0.5) is 17.6 Å². The summed E-state index contributed by atoms with van der Waals surface area (Å²) in [4.78, 5) is 11.0. The lowest BCUT2D eigenvalue weighted by atomic mass is 10.0. The molecule has 122 valence electrons. The molecule has 7 heteroatoms. The molecule has 3 heterocycles. The highest BCUT2D eigenvalue weighted by atomic mass is 16.5. The van der Waals surface area contributed by atoms with Crippen molar-refractivity contribution in [2.75, 3.05) is 42.7 Å². The van der Waals surface area contributed by atoms with Crippen LogP contribution in [-0.4, -0.2) is 48.8 Å². The molecule has 2 aliphatic rings. The van der Waals surface area contributed by atoms with Crippen molar-refractivity contribution in [1.82, 2.24) is 15.3 Å². The Morgan fingerprint density at radius 3 is 2.95 bits per heavy atom. The van der Waals surface area contributed by atoms with E-state index in [9.17, 15) is 0 Å². The molecule has 3 rings (SSSR count). The van der Waals surface area contributed by atoms with Crippen molar-refractivity contribution in [1.29, 1.82) is 0 Å². The number of nitrogen functional groups attached to an aromatic ring is 1. The molecular formula is C15H26N6O. The Hall–Kier alpha value is -1.76. The van der Waals surface area contributed by atoms with E-state index in [0.717, 1.165) is 43.3 Å². The highest BCUT2D eigenvalue weighted by molar-refractivity contribution is 5.68. The van der Waals surface area contributed by atoms with Crippen LogP contribution in [0.3, 0.4) is 0 Å². The average molecular weight is 306 g/mol. The molecular weight excluding hydrogens is 280 g/mol. The molecule has 1 unspecified atom stereocenters. The van der Waals surface area contributed by atoms with Crippen molar-refractivity contribution in [3.63, 3.8) is 0 Å². The van der Waals surface area contributed by atoms with E-state index in [1.165, 1.54) is 0 Å². The van der Waals surface area contributed by atoms with E-state index in [0.29, 0.717) is 24.5 Å². The minimum atomic E-state index is 0.276. The number of hydrogen-bond acceptors (Lipinski definition) is 7. The topological polar surface area (TPSA) is 88.3 Å². The average Bonchev–Trinajstić information content (AvgIpc) is 2.94. The number of nitrogens with two attached hydrogens (primary N) is 1. The van der Waals surface area contributed by atoms with Crippen molar-refractivity contribution < 1.29 is 4.74 Å². The molecule has 0 saturated carbocycles. The fourth-order valence-electron chi connectivity index (χ4n) is 3.20. The van der Waals surface area contributed by atoms with Crippen LogP contribution in [0.15, 0.2) is 0 Å². The zero-order chi connectivity index (χ0) is 15.7. The molecule has 0 amide bonds. The van der Waals surface area contributed by atoms with Gasteiger partial charge < -0.3 is 26.0 Å². The van der Waals surface area contributed by atoms with Gasteiger partial charge in [-0.1, -0.05) is 13.8 Å². The maximum atomic E-state index is 6.00. The summed E-state index contributed by atoms with van der Waals surface area (Å²) in [6.45, 7) is 6.93. The fraction of sp³-hybridized carbons (Fsp3) is 0.733. The quantitative estimate of drug-likeness (QED) is 0.767. The second-order valence-electron chi connectivity index (χ2n) is 6.59. The smallest absolute Gasteiger partial charge is 0.224 e. The number of fused-ring (bicyclic) bond motifs is 1. The third-order valence-electron chi connectivity index (χ3n) is 4.29. The predicted octanol–water partition coefficient (Wildman–Crippen LogP) is 1.08. The first-order valence-electron chi connectivity index (χ1n) is 8.06. The van der Waals surface area contributed by atoms with E-state index >= 15 is 0 Å². The van der Waals surface area contributed by atoms with Gasteiger partial charge in [-0.2, -0.15) is 9.97 Å². The van der Waals surface area contributed by atoms with E-state index in [-0.39, 0.29) is 6.04 Å². The summed E-state index contributed by atoms with van der Waals surface area (Å²) in [5.74, 6) is 3.19. The van der Waals surface area contributed by atoms with Gasteiger partial charge in [0.05, 0.1) is 6.04 Å². The van der Waals surface area contributed by atoms with E-state index in [2.05, 4.69) is 39.3 Å². The first-order chi connectivity index (χ1) is 10.6. The van der Waals surface area contributed by atoms with Crippen molar-refractivity contribution in [3.05, 3.63) is 0 Å². The summed E-state index contributed by atoms with van der Waals surface area (Å²) >= 11 is 0. The molecule has 1 aromatic heterocycles. The number of nitrogens with zero attached hydrogens (tertiary/aromatic N) is 3. The van der Waals surface area contributed by atoms with Gasteiger partial charge in [0, 0.05) is 19.1 Å². The highest BCUT2D eigenvalue weighted by Gasteiger charge is 2.30. The summed E-state index contributed by atoms with van der Waals surface area (Å²) in [7, 11) is 1.99. The number of anilines is 3. The third-order valence-corrected chi connectivity index (χ3v) is 4.29. The number of nitrogens with one attached hydrogen (secondary N) is 2. The summed E-state index contributed by atoms with van der Waals surface area (Å²) in [6, 6.07) is 0.760. The first-order valence-corrected chi connectivity index (χ1v) is 8.06. The lowest BCUT2D eigenvalue weighted by Crippen LogP contribution is -2.35. The number of hydrogen-bond donors (Lipinski definition) is 3. The van der Waals surface area contributed by atoms with E-state index in [1.807, 2.05) is 7.05 Å². The van der Waals surface area contributed by atoms with Gasteiger partial charge in [0.1, 0.15) is 6.61 Å².